The number of carbonyl (C=O) groups is 1. The quantitative estimate of drug-likeness (QED) is 0.554. The third-order valence-electron chi connectivity index (χ3n) is 5.62. The average molecular weight is 430 g/mol. The van der Waals surface area contributed by atoms with Gasteiger partial charge in [0.2, 0.25) is 0 Å². The maximum absolute atomic E-state index is 13.3. The summed E-state index contributed by atoms with van der Waals surface area (Å²) in [5, 5.41) is 7.53. The monoisotopic (exact) mass is 429 g/mol. The van der Waals surface area contributed by atoms with Crippen LogP contribution in [0, 0.1) is 0 Å². The van der Waals surface area contributed by atoms with Gasteiger partial charge in [0.15, 0.2) is 0 Å². The Morgan fingerprint density at radius 3 is 2.31 bits per heavy atom. The zero-order chi connectivity index (χ0) is 22.3. The molecule has 0 bridgehead atoms. The first-order valence-electron chi connectivity index (χ1n) is 10.6. The lowest BCUT2D eigenvalue weighted by atomic mass is 10.0. The van der Waals surface area contributed by atoms with Gasteiger partial charge in [-0.15, -0.1) is 0 Å². The second-order valence-electron chi connectivity index (χ2n) is 7.68. The van der Waals surface area contributed by atoms with E-state index in [1.807, 2.05) is 71.6 Å². The van der Waals surface area contributed by atoms with Gasteiger partial charge in [-0.25, -0.2) is 0 Å². The summed E-state index contributed by atoms with van der Waals surface area (Å²) in [5.74, 6) is 0.800. The molecule has 0 radical (unpaired) electrons. The van der Waals surface area contributed by atoms with Gasteiger partial charge in [-0.2, -0.15) is 0 Å². The number of likely N-dealkylation sites (tertiary alicyclic amines) is 1. The van der Waals surface area contributed by atoms with Gasteiger partial charge in [0, 0.05) is 24.2 Å². The van der Waals surface area contributed by atoms with Crippen LogP contribution in [0.1, 0.15) is 16.8 Å². The van der Waals surface area contributed by atoms with E-state index in [1.54, 1.807) is 7.11 Å². The Morgan fingerprint density at radius 2 is 1.66 bits per heavy atom. The Bertz CT molecular complexity index is 1060. The van der Waals surface area contributed by atoms with Crippen LogP contribution in [0.25, 0.3) is 11.1 Å². The summed E-state index contributed by atoms with van der Waals surface area (Å²) in [6.45, 7) is 1.07. The summed E-state index contributed by atoms with van der Waals surface area (Å²) < 4.78 is 5.21. The van der Waals surface area contributed by atoms with Gasteiger partial charge in [0.25, 0.3) is 5.91 Å². The SMILES string of the molecule is CO/N=C1\C[C@@H](CNc2ccc(OC)cc2)N(C(=O)c2ccc(-c3ccccc3)cc2)C1. The fraction of sp³-hybridized carbons (Fsp3) is 0.231. The number of ether oxygens (including phenoxy) is 1. The van der Waals surface area contributed by atoms with Crippen LogP contribution in [0.4, 0.5) is 5.69 Å². The Morgan fingerprint density at radius 1 is 0.969 bits per heavy atom. The first-order valence-corrected chi connectivity index (χ1v) is 10.6. The molecule has 1 heterocycles. The first-order chi connectivity index (χ1) is 15.7. The number of amides is 1. The van der Waals surface area contributed by atoms with Crippen molar-refractivity contribution in [1.29, 1.82) is 0 Å². The van der Waals surface area contributed by atoms with Crippen molar-refractivity contribution in [2.45, 2.75) is 12.5 Å². The lowest BCUT2D eigenvalue weighted by Gasteiger charge is -2.25. The van der Waals surface area contributed by atoms with Gasteiger partial charge < -0.3 is 19.8 Å². The van der Waals surface area contributed by atoms with Gasteiger partial charge in [0.05, 0.1) is 25.4 Å². The van der Waals surface area contributed by atoms with E-state index in [0.29, 0.717) is 25.1 Å². The molecule has 0 aliphatic carbocycles. The molecule has 1 aliphatic rings. The van der Waals surface area contributed by atoms with Crippen LogP contribution >= 0.6 is 0 Å². The third kappa shape index (κ3) is 4.91. The van der Waals surface area contributed by atoms with E-state index < -0.39 is 0 Å². The molecule has 0 unspecified atom stereocenters. The van der Waals surface area contributed by atoms with Crippen LogP contribution < -0.4 is 10.1 Å². The minimum Gasteiger partial charge on any atom is -0.497 e. The molecular formula is C26H27N3O3. The average Bonchev–Trinajstić information content (AvgIpc) is 3.26. The minimum absolute atomic E-state index is 0.00699. The number of carbonyl (C=O) groups excluding carboxylic acids is 1. The molecule has 0 spiro atoms. The number of oxime groups is 1. The molecule has 164 valence electrons. The van der Waals surface area contributed by atoms with E-state index in [-0.39, 0.29) is 11.9 Å². The topological polar surface area (TPSA) is 63.2 Å². The van der Waals surface area contributed by atoms with E-state index in [9.17, 15) is 4.79 Å². The summed E-state index contributed by atoms with van der Waals surface area (Å²) in [6, 6.07) is 25.6. The zero-order valence-corrected chi connectivity index (χ0v) is 18.3. The standard InChI is InChI=1S/C26H27N3O3/c1-31-25-14-12-22(13-15-25)27-17-24-16-23(28-32-2)18-29(24)26(30)21-10-8-20(9-11-21)19-6-4-3-5-7-19/h3-15,24,27H,16-18H2,1-2H3/b28-23+/t24-/m0/s1. The highest BCUT2D eigenvalue weighted by Gasteiger charge is 2.33. The molecule has 1 saturated heterocycles. The number of benzene rings is 3. The van der Waals surface area contributed by atoms with Gasteiger partial charge in [-0.05, 0) is 47.5 Å². The molecule has 1 N–H and O–H groups in total. The summed E-state index contributed by atoms with van der Waals surface area (Å²) in [7, 11) is 3.18. The van der Waals surface area contributed by atoms with Crippen molar-refractivity contribution in [2.24, 2.45) is 5.16 Å². The number of hydrogen-bond acceptors (Lipinski definition) is 5. The Hall–Kier alpha value is -3.80. The van der Waals surface area contributed by atoms with Gasteiger partial charge in [-0.1, -0.05) is 47.6 Å². The summed E-state index contributed by atoms with van der Waals surface area (Å²) in [4.78, 5) is 20.2. The van der Waals surface area contributed by atoms with E-state index in [1.165, 1.54) is 7.11 Å². The van der Waals surface area contributed by atoms with Gasteiger partial charge in [0.1, 0.15) is 12.9 Å². The van der Waals surface area contributed by atoms with Crippen molar-refractivity contribution >= 4 is 17.3 Å². The number of hydrogen-bond donors (Lipinski definition) is 1. The lowest BCUT2D eigenvalue weighted by Crippen LogP contribution is -2.39. The maximum Gasteiger partial charge on any atom is 0.254 e. The highest BCUT2D eigenvalue weighted by atomic mass is 16.6. The van der Waals surface area contributed by atoms with Crippen molar-refractivity contribution in [2.75, 3.05) is 32.6 Å². The Labute approximate surface area is 188 Å². The highest BCUT2D eigenvalue weighted by molar-refractivity contribution is 6.00. The van der Waals surface area contributed by atoms with Crippen LogP contribution in [-0.2, 0) is 4.84 Å². The summed E-state index contributed by atoms with van der Waals surface area (Å²) in [5.41, 5.74) is 4.72. The normalized spacial score (nSPS) is 16.8. The minimum atomic E-state index is -0.0210. The van der Waals surface area contributed by atoms with Crippen LogP contribution in [0.5, 0.6) is 5.75 Å². The van der Waals surface area contributed by atoms with Crippen LogP contribution in [0.2, 0.25) is 0 Å². The second kappa shape index (κ2) is 10.0. The number of nitrogens with one attached hydrogen (secondary N) is 1. The van der Waals surface area contributed by atoms with Crippen LogP contribution in [-0.4, -0.2) is 49.9 Å². The molecule has 1 fully saturated rings. The fourth-order valence-electron chi connectivity index (χ4n) is 3.93. The number of methoxy groups -OCH3 is 1. The van der Waals surface area contributed by atoms with E-state index in [2.05, 4.69) is 22.6 Å². The molecule has 3 aromatic carbocycles. The number of nitrogens with zero attached hydrogens (tertiary/aromatic N) is 2. The van der Waals surface area contributed by atoms with E-state index in [4.69, 9.17) is 9.57 Å². The van der Waals surface area contributed by atoms with Gasteiger partial charge in [-0.3, -0.25) is 4.79 Å². The summed E-state index contributed by atoms with van der Waals surface area (Å²) >= 11 is 0. The number of rotatable bonds is 7. The van der Waals surface area contributed by atoms with Crippen molar-refractivity contribution < 1.29 is 14.4 Å². The number of anilines is 1. The molecule has 1 aliphatic heterocycles. The smallest absolute Gasteiger partial charge is 0.254 e. The first kappa shape index (κ1) is 21.4. The largest absolute Gasteiger partial charge is 0.497 e. The molecular weight excluding hydrogens is 402 g/mol. The second-order valence-corrected chi connectivity index (χ2v) is 7.68. The molecule has 6 nitrogen and oxygen atoms in total. The zero-order valence-electron chi connectivity index (χ0n) is 18.3. The van der Waals surface area contributed by atoms with E-state index in [0.717, 1.165) is 28.3 Å². The van der Waals surface area contributed by atoms with Crippen LogP contribution in [0.3, 0.4) is 0 Å². The third-order valence-corrected chi connectivity index (χ3v) is 5.62. The van der Waals surface area contributed by atoms with Crippen molar-refractivity contribution in [3.05, 3.63) is 84.4 Å². The predicted octanol–water partition coefficient (Wildman–Crippen LogP) is 4.69. The lowest BCUT2D eigenvalue weighted by molar-refractivity contribution is 0.0748. The molecule has 1 atom stereocenters. The van der Waals surface area contributed by atoms with Crippen molar-refractivity contribution in [3.8, 4) is 16.9 Å². The molecule has 4 rings (SSSR count). The van der Waals surface area contributed by atoms with Crippen molar-refractivity contribution in [1.82, 2.24) is 4.90 Å². The maximum atomic E-state index is 13.3. The fourth-order valence-corrected chi connectivity index (χ4v) is 3.93. The predicted molar refractivity (Wildman–Crippen MR) is 127 cm³/mol. The molecule has 1 amide bonds. The highest BCUT2D eigenvalue weighted by Crippen LogP contribution is 2.24. The van der Waals surface area contributed by atoms with Crippen molar-refractivity contribution in [3.63, 3.8) is 0 Å². The molecule has 0 saturated carbocycles. The van der Waals surface area contributed by atoms with Gasteiger partial charge >= 0.3 is 0 Å². The van der Waals surface area contributed by atoms with E-state index >= 15 is 0 Å². The summed E-state index contributed by atoms with van der Waals surface area (Å²) in [6.07, 6.45) is 0.671. The Kier molecular flexibility index (Phi) is 6.70. The molecule has 3 aromatic rings. The molecule has 0 aromatic heterocycles. The molecule has 6 heteroatoms. The molecule has 32 heavy (non-hydrogen) atoms. The van der Waals surface area contributed by atoms with Crippen LogP contribution in [0.15, 0.2) is 84.0 Å². The Balaban J connectivity index is 1.48.